The monoisotopic (exact) mass is 263 g/mol. The predicted octanol–water partition coefficient (Wildman–Crippen LogP) is 3.00. The molecule has 0 amide bonds. The van der Waals surface area contributed by atoms with Gasteiger partial charge in [-0.3, -0.25) is 0 Å². The Balaban J connectivity index is 1.97. The molecule has 2 N–H and O–H groups in total. The highest BCUT2D eigenvalue weighted by atomic mass is 32.1. The summed E-state index contributed by atoms with van der Waals surface area (Å²) in [4.78, 5) is 1.69. The van der Waals surface area contributed by atoms with E-state index >= 15 is 0 Å². The molecule has 0 saturated carbocycles. The molecule has 0 aliphatic heterocycles. The van der Waals surface area contributed by atoms with Crippen LogP contribution in [0.2, 0.25) is 0 Å². The molecule has 17 heavy (non-hydrogen) atoms. The van der Waals surface area contributed by atoms with Gasteiger partial charge in [-0.05, 0) is 23.6 Å². The van der Waals surface area contributed by atoms with Crippen LogP contribution in [0.15, 0.2) is 41.8 Å². The second-order valence-electron chi connectivity index (χ2n) is 3.54. The van der Waals surface area contributed by atoms with Crippen LogP contribution < -0.4 is 10.5 Å². The van der Waals surface area contributed by atoms with E-state index in [1.54, 1.807) is 11.3 Å². The maximum atomic E-state index is 5.71. The summed E-state index contributed by atoms with van der Waals surface area (Å²) in [7, 11) is 0. The highest BCUT2D eigenvalue weighted by molar-refractivity contribution is 7.80. The highest BCUT2D eigenvalue weighted by Gasteiger charge is 2.05. The fourth-order valence-corrected chi connectivity index (χ4v) is 2.37. The van der Waals surface area contributed by atoms with E-state index in [2.05, 4.69) is 11.4 Å². The van der Waals surface area contributed by atoms with Crippen LogP contribution in [0.4, 0.5) is 0 Å². The lowest BCUT2D eigenvalue weighted by molar-refractivity contribution is 0.322. The normalized spacial score (nSPS) is 10.1. The number of para-hydroxylation sites is 1. The van der Waals surface area contributed by atoms with Gasteiger partial charge in [0.1, 0.15) is 10.7 Å². The molecule has 2 nitrogen and oxygen atoms in total. The van der Waals surface area contributed by atoms with Crippen molar-refractivity contribution in [2.45, 2.75) is 6.42 Å². The molecule has 0 spiro atoms. The number of ether oxygens (including phenoxy) is 1. The van der Waals surface area contributed by atoms with Gasteiger partial charge in [0.25, 0.3) is 0 Å². The first-order chi connectivity index (χ1) is 8.27. The van der Waals surface area contributed by atoms with Crippen LogP contribution >= 0.6 is 23.6 Å². The van der Waals surface area contributed by atoms with E-state index in [9.17, 15) is 0 Å². The molecule has 2 rings (SSSR count). The molecule has 0 aliphatic carbocycles. The van der Waals surface area contributed by atoms with Crippen molar-refractivity contribution in [2.24, 2.45) is 5.73 Å². The number of thiophene rings is 1. The molecule has 0 radical (unpaired) electrons. The van der Waals surface area contributed by atoms with Crippen molar-refractivity contribution in [3.8, 4) is 5.75 Å². The second kappa shape index (κ2) is 5.80. The molecule has 4 heteroatoms. The van der Waals surface area contributed by atoms with Crippen molar-refractivity contribution >= 4 is 28.5 Å². The SMILES string of the molecule is NC(=S)c1ccccc1OCCc1cccs1. The van der Waals surface area contributed by atoms with E-state index < -0.39 is 0 Å². The van der Waals surface area contributed by atoms with E-state index in [0.717, 1.165) is 17.7 Å². The minimum atomic E-state index is 0.372. The number of rotatable bonds is 5. The highest BCUT2D eigenvalue weighted by Crippen LogP contribution is 2.18. The average molecular weight is 263 g/mol. The van der Waals surface area contributed by atoms with E-state index in [-0.39, 0.29) is 0 Å². The third-order valence-corrected chi connectivity index (χ3v) is 3.49. The summed E-state index contributed by atoms with van der Waals surface area (Å²) < 4.78 is 5.71. The molecule has 1 aromatic carbocycles. The van der Waals surface area contributed by atoms with Gasteiger partial charge in [-0.25, -0.2) is 0 Å². The van der Waals surface area contributed by atoms with Gasteiger partial charge < -0.3 is 10.5 Å². The van der Waals surface area contributed by atoms with Gasteiger partial charge in [0.05, 0.1) is 12.2 Å². The Morgan fingerprint density at radius 1 is 1.24 bits per heavy atom. The Morgan fingerprint density at radius 3 is 2.76 bits per heavy atom. The lowest BCUT2D eigenvalue weighted by atomic mass is 10.2. The minimum absolute atomic E-state index is 0.372. The number of hydrogen-bond acceptors (Lipinski definition) is 3. The summed E-state index contributed by atoms with van der Waals surface area (Å²) in [6, 6.07) is 11.7. The van der Waals surface area contributed by atoms with Gasteiger partial charge in [-0.15, -0.1) is 11.3 Å². The number of hydrogen-bond donors (Lipinski definition) is 1. The molecular formula is C13H13NOS2. The largest absolute Gasteiger partial charge is 0.492 e. The van der Waals surface area contributed by atoms with E-state index in [0.29, 0.717) is 11.6 Å². The van der Waals surface area contributed by atoms with Crippen LogP contribution in [0, 0.1) is 0 Å². The third kappa shape index (κ3) is 3.28. The van der Waals surface area contributed by atoms with Gasteiger partial charge in [0.2, 0.25) is 0 Å². The van der Waals surface area contributed by atoms with Gasteiger partial charge in [0, 0.05) is 11.3 Å². The van der Waals surface area contributed by atoms with Crippen molar-refractivity contribution in [2.75, 3.05) is 6.61 Å². The topological polar surface area (TPSA) is 35.2 Å². The van der Waals surface area contributed by atoms with Crippen LogP contribution in [-0.2, 0) is 6.42 Å². The van der Waals surface area contributed by atoms with Crippen molar-refractivity contribution in [3.05, 3.63) is 52.2 Å². The summed E-state index contributed by atoms with van der Waals surface area (Å²) >= 11 is 6.72. The van der Waals surface area contributed by atoms with Crippen LogP contribution in [0.5, 0.6) is 5.75 Å². The van der Waals surface area contributed by atoms with Gasteiger partial charge >= 0.3 is 0 Å². The third-order valence-electron chi connectivity index (χ3n) is 2.34. The first-order valence-electron chi connectivity index (χ1n) is 5.31. The summed E-state index contributed by atoms with van der Waals surface area (Å²) in [6.45, 7) is 0.639. The van der Waals surface area contributed by atoms with E-state index in [1.807, 2.05) is 30.3 Å². The fraction of sp³-hybridized carbons (Fsp3) is 0.154. The molecule has 1 aromatic heterocycles. The van der Waals surface area contributed by atoms with Gasteiger partial charge in [-0.2, -0.15) is 0 Å². The van der Waals surface area contributed by atoms with Crippen LogP contribution in [-0.4, -0.2) is 11.6 Å². The number of thiocarbonyl (C=S) groups is 1. The smallest absolute Gasteiger partial charge is 0.129 e. The summed E-state index contributed by atoms with van der Waals surface area (Å²) in [5, 5.41) is 2.07. The average Bonchev–Trinajstić information content (AvgIpc) is 2.82. The molecule has 0 saturated heterocycles. The molecule has 0 aliphatic rings. The van der Waals surface area contributed by atoms with E-state index in [1.165, 1.54) is 4.88 Å². The summed E-state index contributed by atoms with van der Waals surface area (Å²) in [5.41, 5.74) is 6.43. The number of nitrogens with two attached hydrogens (primary N) is 1. The molecule has 0 unspecified atom stereocenters. The Hall–Kier alpha value is -1.39. The van der Waals surface area contributed by atoms with Gasteiger partial charge in [-0.1, -0.05) is 30.4 Å². The Morgan fingerprint density at radius 2 is 2.06 bits per heavy atom. The zero-order chi connectivity index (χ0) is 12.1. The Bertz CT molecular complexity index is 494. The quantitative estimate of drug-likeness (QED) is 0.842. The van der Waals surface area contributed by atoms with Crippen molar-refractivity contribution in [1.82, 2.24) is 0 Å². The molecule has 2 aromatic rings. The molecule has 88 valence electrons. The van der Waals surface area contributed by atoms with Crippen molar-refractivity contribution in [1.29, 1.82) is 0 Å². The molecule has 0 fully saturated rings. The van der Waals surface area contributed by atoms with Crippen LogP contribution in [0.1, 0.15) is 10.4 Å². The Labute approximate surface area is 110 Å². The first kappa shape index (κ1) is 12.1. The standard InChI is InChI=1S/C13H13NOS2/c14-13(16)11-5-1-2-6-12(11)15-8-7-10-4-3-9-17-10/h1-6,9H,7-8H2,(H2,14,16). The molecular weight excluding hydrogens is 250 g/mol. The molecule has 0 bridgehead atoms. The molecule has 0 atom stereocenters. The second-order valence-corrected chi connectivity index (χ2v) is 5.01. The summed E-state index contributed by atoms with van der Waals surface area (Å²) in [5.74, 6) is 0.761. The zero-order valence-electron chi connectivity index (χ0n) is 9.26. The van der Waals surface area contributed by atoms with E-state index in [4.69, 9.17) is 22.7 Å². The van der Waals surface area contributed by atoms with Crippen molar-refractivity contribution < 1.29 is 4.74 Å². The first-order valence-corrected chi connectivity index (χ1v) is 6.60. The number of benzene rings is 1. The maximum absolute atomic E-state index is 5.71. The molecule has 1 heterocycles. The van der Waals surface area contributed by atoms with Crippen molar-refractivity contribution in [3.63, 3.8) is 0 Å². The minimum Gasteiger partial charge on any atom is -0.492 e. The lowest BCUT2D eigenvalue weighted by Crippen LogP contribution is -2.12. The van der Waals surface area contributed by atoms with Gasteiger partial charge in [0.15, 0.2) is 0 Å². The summed E-state index contributed by atoms with van der Waals surface area (Å²) in [6.07, 6.45) is 0.906. The predicted molar refractivity (Wildman–Crippen MR) is 75.8 cm³/mol. The fourth-order valence-electron chi connectivity index (χ4n) is 1.51. The maximum Gasteiger partial charge on any atom is 0.129 e. The zero-order valence-corrected chi connectivity index (χ0v) is 10.9. The van der Waals surface area contributed by atoms with Crippen LogP contribution in [0.25, 0.3) is 0 Å². The van der Waals surface area contributed by atoms with Crippen LogP contribution in [0.3, 0.4) is 0 Å². The Kier molecular flexibility index (Phi) is 4.12. The lowest BCUT2D eigenvalue weighted by Gasteiger charge is -2.09.